The number of non-ortho nitro benzene ring substituents is 1. The summed E-state index contributed by atoms with van der Waals surface area (Å²) in [6.45, 7) is -1.73. The van der Waals surface area contributed by atoms with E-state index < -0.39 is 228 Å². The predicted octanol–water partition coefficient (Wildman–Crippen LogP) is -9.78. The van der Waals surface area contributed by atoms with Gasteiger partial charge in [-0.25, -0.2) is 0 Å². The highest BCUT2D eigenvalue weighted by atomic mass is 16.8. The minimum absolute atomic E-state index is 0.0675. The van der Waals surface area contributed by atoms with Crippen molar-refractivity contribution in [3.63, 3.8) is 0 Å². The van der Waals surface area contributed by atoms with Crippen LogP contribution in [0.3, 0.4) is 0 Å². The van der Waals surface area contributed by atoms with Crippen molar-refractivity contribution in [1.29, 1.82) is 0 Å². The molecule has 1 amide bonds. The fraction of sp³-hybridized carbons (Fsp3) is 0.857. The molecule has 30 atom stereocenters. The maximum atomic E-state index is 12.9. The van der Waals surface area contributed by atoms with Gasteiger partial charge in [0.25, 0.3) is 5.69 Å². The molecule has 6 fully saturated rings. The third-order valence-electron chi connectivity index (χ3n) is 15.2. The summed E-state index contributed by atoms with van der Waals surface area (Å²) in [5.74, 6) is -0.767. The Morgan fingerprint density at radius 2 is 0.976 bits per heavy atom. The van der Waals surface area contributed by atoms with E-state index in [4.69, 9.17) is 67.3 Å². The first kappa shape index (κ1) is 68.2. The van der Waals surface area contributed by atoms with E-state index in [2.05, 4.69) is 5.32 Å². The summed E-state index contributed by atoms with van der Waals surface area (Å²) in [6, 6.07) is 3.09. The maximum absolute atomic E-state index is 12.9. The summed E-state index contributed by atoms with van der Waals surface area (Å²) in [6.07, 6.45) is -52.2. The smallest absolute Gasteiger partial charge is 0.269 e. The number of hydrogen-bond acceptors (Lipinski definition) is 33. The van der Waals surface area contributed by atoms with Gasteiger partial charge in [0.2, 0.25) is 5.91 Å². The van der Waals surface area contributed by atoms with Gasteiger partial charge in [-0.3, -0.25) is 14.9 Å². The summed E-state index contributed by atoms with van der Waals surface area (Å²) >= 11 is 0. The number of unbranched alkanes of at least 4 members (excludes halogenated alkanes) is 2. The third-order valence-corrected chi connectivity index (χ3v) is 15.2. The van der Waals surface area contributed by atoms with Crippen LogP contribution in [0.1, 0.15) is 33.1 Å². The summed E-state index contributed by atoms with van der Waals surface area (Å²) in [5, 5.41) is 190. The number of aliphatic hydroxyl groups excluding tert-OH is 16. The Morgan fingerprint density at radius 1 is 0.512 bits per heavy atom. The van der Waals surface area contributed by atoms with E-state index in [1.165, 1.54) is 19.1 Å². The molecule has 35 heteroatoms. The molecule has 0 aliphatic carbocycles. The van der Waals surface area contributed by atoms with Gasteiger partial charge in [-0.2, -0.15) is 0 Å². The number of nitrogens with zero attached hydrogens (tertiary/aromatic N) is 1. The summed E-state index contributed by atoms with van der Waals surface area (Å²) < 4.78 is 76.1. The summed E-state index contributed by atoms with van der Waals surface area (Å²) in [7, 11) is 0. The first-order chi connectivity index (χ1) is 40.0. The molecule has 0 bridgehead atoms. The number of nitro benzene ring substituents is 1. The number of hydrogen-bond donors (Lipinski definition) is 18. The molecule has 18 unspecified atom stereocenters. The molecule has 6 aliphatic rings. The highest BCUT2D eigenvalue weighted by Gasteiger charge is 2.58. The molecule has 482 valence electrons. The Kier molecular flexibility index (Phi) is 25.0. The number of ether oxygens (including phenoxy) is 13. The molecule has 0 radical (unpaired) electrons. The van der Waals surface area contributed by atoms with Crippen molar-refractivity contribution in [3.05, 3.63) is 34.4 Å². The standard InChI is InChI=1S/C49H79N3O32/c1-17-27(58)31(62)35(66)46(74-17)84-43-32(63)28(59)21(12-53)77-49(43)82-41-26(51-18(2)57)44(75-22(13-54)29(41)60)83-42-30(61)23(14-55)76-48(38(42)69)80-39-24(15-56)78-47(37(68)34(39)65)81-40-25(16-73-20-8-6-19(7-9-20)52(70)71)79-45(36(67)33(40)64)72-11-5-3-4-10-50/h6-9,17,21-49,53-56,58-69H,3-5,10-16,50H2,1-2H3,(H,51,57)/t17?,21?,22?,23?,24?,25?,26?,27-,28+,29+,30+,31?,32?,33?,34?,35?,36?,37?,38?,39+,40-,41?,42?,43?,44+,45-,46+,47+,48-,49+/m1/s1. The number of amides is 1. The lowest BCUT2D eigenvalue weighted by Crippen LogP contribution is -2.70. The second kappa shape index (κ2) is 30.8. The monoisotopic (exact) mass is 1220 g/mol. The predicted molar refractivity (Wildman–Crippen MR) is 267 cm³/mol. The van der Waals surface area contributed by atoms with Crippen LogP contribution in [0.25, 0.3) is 0 Å². The van der Waals surface area contributed by atoms with Gasteiger partial charge >= 0.3 is 0 Å². The molecule has 6 heterocycles. The van der Waals surface area contributed by atoms with Crippen molar-refractivity contribution in [1.82, 2.24) is 5.32 Å². The van der Waals surface area contributed by atoms with E-state index in [9.17, 15) is 96.6 Å². The largest absolute Gasteiger partial charge is 0.491 e. The number of aliphatic hydroxyl groups is 16. The van der Waals surface area contributed by atoms with Gasteiger partial charge in [0.05, 0.1) is 37.5 Å². The Hall–Kier alpha value is -3.27. The van der Waals surface area contributed by atoms with Crippen molar-refractivity contribution >= 4 is 11.6 Å². The minimum atomic E-state index is -2.25. The molecule has 1 aromatic carbocycles. The van der Waals surface area contributed by atoms with Gasteiger partial charge in [-0.1, -0.05) is 0 Å². The van der Waals surface area contributed by atoms with Gasteiger partial charge < -0.3 is 154 Å². The molecule has 84 heavy (non-hydrogen) atoms. The molecular weight excluding hydrogens is 1140 g/mol. The van der Waals surface area contributed by atoms with Crippen LogP contribution in [-0.2, 0) is 61.6 Å². The molecular formula is C49H79N3O32. The number of nitrogens with two attached hydrogens (primary N) is 1. The number of benzene rings is 1. The molecule has 19 N–H and O–H groups in total. The van der Waals surface area contributed by atoms with Crippen LogP contribution >= 0.6 is 0 Å². The van der Waals surface area contributed by atoms with Crippen molar-refractivity contribution in [2.75, 3.05) is 46.2 Å². The van der Waals surface area contributed by atoms with Gasteiger partial charge in [-0.15, -0.1) is 0 Å². The van der Waals surface area contributed by atoms with Crippen molar-refractivity contribution in [2.24, 2.45) is 5.73 Å². The molecule has 6 aliphatic heterocycles. The van der Waals surface area contributed by atoms with E-state index in [1.54, 1.807) is 0 Å². The molecule has 6 saturated heterocycles. The van der Waals surface area contributed by atoms with Crippen LogP contribution in [-0.4, -0.2) is 323 Å². The quantitative estimate of drug-likeness (QED) is 0.0246. The average molecular weight is 1220 g/mol. The maximum Gasteiger partial charge on any atom is 0.269 e. The number of carbonyl (C=O) groups excluding carboxylic acids is 1. The van der Waals surface area contributed by atoms with Crippen LogP contribution in [0, 0.1) is 10.1 Å². The molecule has 0 aromatic heterocycles. The SMILES string of the molecule is CC(=O)NC1C(O[C@@H]2OC(CO)[C@H](O)C(O)C2O[C@@H]2OC(C)[C@@H](O)C(O)C2O)[C@@H](O)C(CO)O[C@H]1OC1C(O)[C@@H](O[C@H]2C(CO)O[C@@H](O[C@@H]3C(COc4ccc([N+](=O)[O-])cc4)O[C@@H](OCCCCCN)C(O)C3O)C(O)C2O)OC(CO)[C@@H]1O. The molecule has 1 aromatic rings. The van der Waals surface area contributed by atoms with Gasteiger partial charge in [-0.05, 0) is 44.9 Å². The lowest BCUT2D eigenvalue weighted by Gasteiger charge is -2.51. The lowest BCUT2D eigenvalue weighted by atomic mass is 9.94. The second-order valence-electron chi connectivity index (χ2n) is 21.1. The van der Waals surface area contributed by atoms with Crippen molar-refractivity contribution in [3.8, 4) is 5.75 Å². The lowest BCUT2D eigenvalue weighted by molar-refractivity contribution is -0.393. The highest BCUT2D eigenvalue weighted by molar-refractivity contribution is 5.73. The molecule has 0 spiro atoms. The van der Waals surface area contributed by atoms with Crippen LogP contribution < -0.4 is 15.8 Å². The fourth-order valence-corrected chi connectivity index (χ4v) is 10.4. The van der Waals surface area contributed by atoms with Crippen LogP contribution in [0.5, 0.6) is 5.75 Å². The third kappa shape index (κ3) is 15.6. The average Bonchev–Trinajstić information content (AvgIpc) is 3.55. The number of nitro groups is 1. The van der Waals surface area contributed by atoms with Gasteiger partial charge in [0.15, 0.2) is 37.7 Å². The zero-order valence-corrected chi connectivity index (χ0v) is 45.4. The van der Waals surface area contributed by atoms with Crippen LogP contribution in [0.15, 0.2) is 24.3 Å². The van der Waals surface area contributed by atoms with Crippen molar-refractivity contribution in [2.45, 2.75) is 217 Å². The fourth-order valence-electron chi connectivity index (χ4n) is 10.4. The van der Waals surface area contributed by atoms with E-state index >= 15 is 0 Å². The second-order valence-corrected chi connectivity index (χ2v) is 21.1. The Labute approximate surface area is 478 Å². The Balaban J connectivity index is 1.09. The minimum Gasteiger partial charge on any atom is -0.491 e. The van der Waals surface area contributed by atoms with E-state index in [0.717, 1.165) is 19.1 Å². The zero-order chi connectivity index (χ0) is 61.4. The van der Waals surface area contributed by atoms with Gasteiger partial charge in [0.1, 0.15) is 153 Å². The summed E-state index contributed by atoms with van der Waals surface area (Å²) in [4.78, 5) is 23.5. The first-order valence-corrected chi connectivity index (χ1v) is 27.2. The topological polar surface area (TPSA) is 542 Å². The van der Waals surface area contributed by atoms with Crippen LogP contribution in [0.4, 0.5) is 5.69 Å². The first-order valence-electron chi connectivity index (χ1n) is 27.2. The number of rotatable bonds is 25. The Morgan fingerprint density at radius 3 is 1.57 bits per heavy atom. The van der Waals surface area contributed by atoms with E-state index in [0.29, 0.717) is 25.8 Å². The zero-order valence-electron chi connectivity index (χ0n) is 45.4. The summed E-state index contributed by atoms with van der Waals surface area (Å²) in [5.41, 5.74) is 5.33. The Bertz CT molecular complexity index is 2180. The van der Waals surface area contributed by atoms with E-state index in [1.807, 2.05) is 0 Å². The molecule has 35 nitrogen and oxygen atoms in total. The molecule has 7 rings (SSSR count). The number of carbonyl (C=O) groups is 1. The highest BCUT2D eigenvalue weighted by Crippen LogP contribution is 2.38. The van der Waals surface area contributed by atoms with E-state index in [-0.39, 0.29) is 18.0 Å². The number of nitrogens with one attached hydrogen (secondary N) is 1. The molecule has 0 saturated carbocycles. The van der Waals surface area contributed by atoms with Crippen molar-refractivity contribution < 1.29 is 153 Å². The van der Waals surface area contributed by atoms with Gasteiger partial charge in [0, 0.05) is 25.7 Å². The normalized spacial score (nSPS) is 44.8. The van der Waals surface area contributed by atoms with Crippen LogP contribution in [0.2, 0.25) is 0 Å².